The molecule has 1 amide bonds. The molecule has 1 saturated heterocycles. The Labute approximate surface area is 133 Å². The molecule has 0 spiro atoms. The van der Waals surface area contributed by atoms with Crippen molar-refractivity contribution in [1.29, 1.82) is 0 Å². The lowest BCUT2D eigenvalue weighted by Crippen LogP contribution is -2.41. The van der Waals surface area contributed by atoms with E-state index in [2.05, 4.69) is 15.2 Å². The number of carbonyl (C=O) groups excluding carboxylic acids is 1. The molecule has 8 heteroatoms. The van der Waals surface area contributed by atoms with Crippen LogP contribution in [0.15, 0.2) is 29.6 Å². The van der Waals surface area contributed by atoms with Crippen LogP contribution in [0.5, 0.6) is 0 Å². The molecule has 3 rings (SSSR count). The summed E-state index contributed by atoms with van der Waals surface area (Å²) in [6, 6.07) is 3.06. The first kappa shape index (κ1) is 15.4. The maximum Gasteiger partial charge on any atom is 0.274 e. The van der Waals surface area contributed by atoms with Crippen LogP contribution in [0.2, 0.25) is 0 Å². The van der Waals surface area contributed by atoms with Crippen LogP contribution in [0.1, 0.15) is 42.7 Å². The molecule has 0 aliphatic carbocycles. The minimum atomic E-state index is -0.178. The number of nitrogens with zero attached hydrogens (tertiary/aromatic N) is 6. The second-order valence-corrected chi connectivity index (χ2v) is 5.70. The van der Waals surface area contributed by atoms with Gasteiger partial charge in [-0.25, -0.2) is 14.3 Å². The van der Waals surface area contributed by atoms with Crippen molar-refractivity contribution in [2.24, 2.45) is 0 Å². The molecular formula is C15H20N6O2. The first-order chi connectivity index (χ1) is 11.2. The molecule has 0 radical (unpaired) electrons. The maximum atomic E-state index is 12.7. The summed E-state index contributed by atoms with van der Waals surface area (Å²) in [7, 11) is 0. The highest BCUT2D eigenvalue weighted by Crippen LogP contribution is 2.21. The highest BCUT2D eigenvalue weighted by molar-refractivity contribution is 5.92. The molecule has 23 heavy (non-hydrogen) atoms. The molecule has 3 heterocycles. The van der Waals surface area contributed by atoms with Gasteiger partial charge in [-0.05, 0) is 25.3 Å². The predicted molar refractivity (Wildman–Crippen MR) is 83.0 cm³/mol. The Kier molecular flexibility index (Phi) is 4.50. The number of aromatic nitrogens is 5. The fraction of sp³-hybridized carbons (Fsp3) is 0.533. The van der Waals surface area contributed by atoms with Gasteiger partial charge in [0.15, 0.2) is 0 Å². The molecule has 1 aliphatic rings. The topological polar surface area (TPSA) is 85.9 Å². The van der Waals surface area contributed by atoms with Crippen molar-refractivity contribution < 1.29 is 4.79 Å². The van der Waals surface area contributed by atoms with Crippen molar-refractivity contribution in [1.82, 2.24) is 29.4 Å². The standard InChI is InChI=1S/C15H20N6O2/c1-2-7-20-14(22)6-5-13(18-20)15(23)19-8-3-4-12(9-19)21-11-16-10-17-21/h5-6,10-12H,2-4,7-9H2,1H3/t12-/m0/s1. The normalized spacial score (nSPS) is 18.1. The van der Waals surface area contributed by atoms with E-state index in [4.69, 9.17) is 0 Å². The van der Waals surface area contributed by atoms with Crippen molar-refractivity contribution in [2.75, 3.05) is 13.1 Å². The molecule has 1 fully saturated rings. The third-order valence-corrected chi connectivity index (χ3v) is 4.02. The number of hydrogen-bond acceptors (Lipinski definition) is 5. The van der Waals surface area contributed by atoms with Gasteiger partial charge in [0.05, 0.1) is 6.04 Å². The van der Waals surface area contributed by atoms with Gasteiger partial charge in [-0.2, -0.15) is 10.2 Å². The van der Waals surface area contributed by atoms with Gasteiger partial charge in [-0.1, -0.05) is 6.92 Å². The largest absolute Gasteiger partial charge is 0.335 e. The second-order valence-electron chi connectivity index (χ2n) is 5.70. The molecule has 8 nitrogen and oxygen atoms in total. The average Bonchev–Trinajstić information content (AvgIpc) is 3.11. The lowest BCUT2D eigenvalue weighted by atomic mass is 10.1. The predicted octanol–water partition coefficient (Wildman–Crippen LogP) is 0.722. The van der Waals surface area contributed by atoms with E-state index in [-0.39, 0.29) is 17.5 Å². The molecule has 0 aromatic carbocycles. The van der Waals surface area contributed by atoms with Gasteiger partial charge in [-0.3, -0.25) is 9.59 Å². The summed E-state index contributed by atoms with van der Waals surface area (Å²) in [6.45, 7) is 3.76. The Morgan fingerprint density at radius 3 is 3.00 bits per heavy atom. The summed E-state index contributed by atoms with van der Waals surface area (Å²) in [5.41, 5.74) is 0.139. The van der Waals surface area contributed by atoms with Crippen LogP contribution in [-0.2, 0) is 6.54 Å². The smallest absolute Gasteiger partial charge is 0.274 e. The van der Waals surface area contributed by atoms with E-state index in [1.807, 2.05) is 6.92 Å². The average molecular weight is 316 g/mol. The quantitative estimate of drug-likeness (QED) is 0.829. The molecule has 2 aromatic heterocycles. The second kappa shape index (κ2) is 6.72. The van der Waals surface area contributed by atoms with Gasteiger partial charge in [0.2, 0.25) is 0 Å². The third kappa shape index (κ3) is 3.30. The minimum Gasteiger partial charge on any atom is -0.335 e. The Morgan fingerprint density at radius 2 is 2.26 bits per heavy atom. The van der Waals surface area contributed by atoms with Crippen LogP contribution in [-0.4, -0.2) is 48.4 Å². The van der Waals surface area contributed by atoms with Gasteiger partial charge in [0, 0.05) is 25.7 Å². The molecule has 0 unspecified atom stereocenters. The Hall–Kier alpha value is -2.51. The van der Waals surface area contributed by atoms with E-state index in [0.29, 0.717) is 25.3 Å². The summed E-state index contributed by atoms with van der Waals surface area (Å²) in [4.78, 5) is 30.2. The van der Waals surface area contributed by atoms with Crippen LogP contribution >= 0.6 is 0 Å². The summed E-state index contributed by atoms with van der Waals surface area (Å²) in [5, 5.41) is 8.37. The molecule has 1 atom stereocenters. The van der Waals surface area contributed by atoms with Crippen LogP contribution < -0.4 is 5.56 Å². The van der Waals surface area contributed by atoms with E-state index in [0.717, 1.165) is 19.3 Å². The van der Waals surface area contributed by atoms with E-state index in [9.17, 15) is 9.59 Å². The SMILES string of the molecule is CCCn1nc(C(=O)N2CCC[C@H](n3cncn3)C2)ccc1=O. The highest BCUT2D eigenvalue weighted by atomic mass is 16.2. The van der Waals surface area contributed by atoms with Crippen molar-refractivity contribution in [3.05, 3.63) is 40.8 Å². The number of hydrogen-bond donors (Lipinski definition) is 0. The first-order valence-electron chi connectivity index (χ1n) is 7.90. The fourth-order valence-electron chi connectivity index (χ4n) is 2.86. The zero-order valence-electron chi connectivity index (χ0n) is 13.1. The maximum absolute atomic E-state index is 12.7. The number of aryl methyl sites for hydroxylation is 1. The van der Waals surface area contributed by atoms with Gasteiger partial charge < -0.3 is 4.90 Å². The fourth-order valence-corrected chi connectivity index (χ4v) is 2.86. The molecule has 0 saturated carbocycles. The van der Waals surface area contributed by atoms with Crippen LogP contribution in [0.3, 0.4) is 0 Å². The summed E-state index contributed by atoms with van der Waals surface area (Å²) in [6.07, 6.45) is 5.85. The molecule has 1 aliphatic heterocycles. The van der Waals surface area contributed by atoms with Crippen LogP contribution in [0.25, 0.3) is 0 Å². The van der Waals surface area contributed by atoms with Gasteiger partial charge in [0.25, 0.3) is 11.5 Å². The van der Waals surface area contributed by atoms with E-state index in [1.165, 1.54) is 23.1 Å². The zero-order chi connectivity index (χ0) is 16.2. The van der Waals surface area contributed by atoms with E-state index >= 15 is 0 Å². The van der Waals surface area contributed by atoms with Crippen molar-refractivity contribution in [3.63, 3.8) is 0 Å². The lowest BCUT2D eigenvalue weighted by molar-refractivity contribution is 0.0664. The van der Waals surface area contributed by atoms with Crippen LogP contribution in [0, 0.1) is 0 Å². The monoisotopic (exact) mass is 316 g/mol. The number of likely N-dealkylation sites (tertiary alicyclic amines) is 1. The van der Waals surface area contributed by atoms with Gasteiger partial charge in [0.1, 0.15) is 18.3 Å². The minimum absolute atomic E-state index is 0.136. The number of carbonyl (C=O) groups is 1. The molecule has 0 bridgehead atoms. The van der Waals surface area contributed by atoms with Crippen molar-refractivity contribution in [3.8, 4) is 0 Å². The van der Waals surface area contributed by atoms with Gasteiger partial charge >= 0.3 is 0 Å². The Morgan fingerprint density at radius 1 is 1.39 bits per heavy atom. The lowest BCUT2D eigenvalue weighted by Gasteiger charge is -2.32. The van der Waals surface area contributed by atoms with E-state index < -0.39 is 0 Å². The Bertz CT molecular complexity index is 724. The number of rotatable bonds is 4. The number of amides is 1. The van der Waals surface area contributed by atoms with Crippen LogP contribution in [0.4, 0.5) is 0 Å². The van der Waals surface area contributed by atoms with Crippen molar-refractivity contribution in [2.45, 2.75) is 38.8 Å². The molecule has 0 N–H and O–H groups in total. The van der Waals surface area contributed by atoms with Gasteiger partial charge in [-0.15, -0.1) is 0 Å². The molecule has 122 valence electrons. The third-order valence-electron chi connectivity index (χ3n) is 4.02. The summed E-state index contributed by atoms with van der Waals surface area (Å²) < 4.78 is 3.15. The zero-order valence-corrected chi connectivity index (χ0v) is 13.1. The van der Waals surface area contributed by atoms with Crippen molar-refractivity contribution >= 4 is 5.91 Å². The summed E-state index contributed by atoms with van der Waals surface area (Å²) in [5.74, 6) is -0.139. The molecular weight excluding hydrogens is 296 g/mol. The summed E-state index contributed by atoms with van der Waals surface area (Å²) >= 11 is 0. The molecule has 2 aromatic rings. The first-order valence-corrected chi connectivity index (χ1v) is 7.90. The highest BCUT2D eigenvalue weighted by Gasteiger charge is 2.26. The Balaban J connectivity index is 1.77. The van der Waals surface area contributed by atoms with E-state index in [1.54, 1.807) is 15.9 Å². The number of piperidine rings is 1.